The van der Waals surface area contributed by atoms with E-state index in [9.17, 15) is 10.1 Å². The van der Waals surface area contributed by atoms with Crippen LogP contribution in [0.25, 0.3) is 0 Å². The van der Waals surface area contributed by atoms with Gasteiger partial charge in [0.25, 0.3) is 5.91 Å². The van der Waals surface area contributed by atoms with Gasteiger partial charge in [0.2, 0.25) is 0 Å². The van der Waals surface area contributed by atoms with Crippen molar-refractivity contribution in [3.63, 3.8) is 0 Å². The molecule has 1 aliphatic rings. The first-order valence-corrected chi connectivity index (χ1v) is 9.44. The average molecular weight is 352 g/mol. The molecule has 1 aromatic carbocycles. The first-order chi connectivity index (χ1) is 12.2. The van der Waals surface area contributed by atoms with Crippen LogP contribution in [0.4, 0.5) is 0 Å². The van der Waals surface area contributed by atoms with Gasteiger partial charge in [0, 0.05) is 32.4 Å². The molecule has 0 unspecified atom stereocenters. The minimum atomic E-state index is -0.265. The van der Waals surface area contributed by atoms with Crippen molar-refractivity contribution in [1.82, 2.24) is 14.8 Å². The molecule has 1 fully saturated rings. The molecule has 128 valence electrons. The zero-order valence-electron chi connectivity index (χ0n) is 14.1. The van der Waals surface area contributed by atoms with Gasteiger partial charge in [-0.1, -0.05) is 30.3 Å². The van der Waals surface area contributed by atoms with E-state index in [4.69, 9.17) is 0 Å². The highest BCUT2D eigenvalue weighted by atomic mass is 32.2. The van der Waals surface area contributed by atoms with Gasteiger partial charge in [-0.25, -0.2) is 4.98 Å². The monoisotopic (exact) mass is 352 g/mol. The Morgan fingerprint density at radius 2 is 1.88 bits per heavy atom. The van der Waals surface area contributed by atoms with Gasteiger partial charge in [-0.15, -0.1) is 11.8 Å². The van der Waals surface area contributed by atoms with E-state index in [-0.39, 0.29) is 11.9 Å². The second-order valence-corrected chi connectivity index (χ2v) is 6.63. The second kappa shape index (κ2) is 8.15. The maximum absolute atomic E-state index is 12.8. The Hall–Kier alpha value is -2.36. The molecule has 0 saturated carbocycles. The van der Waals surface area contributed by atoms with Crippen LogP contribution in [0, 0.1) is 11.3 Å². The Morgan fingerprint density at radius 1 is 1.16 bits per heavy atom. The van der Waals surface area contributed by atoms with Crippen LogP contribution in [0.1, 0.15) is 22.0 Å². The lowest BCUT2D eigenvalue weighted by Crippen LogP contribution is -2.49. The van der Waals surface area contributed by atoms with E-state index in [0.717, 1.165) is 10.6 Å². The Morgan fingerprint density at radius 3 is 2.52 bits per heavy atom. The number of piperazine rings is 1. The standard InChI is InChI=1S/C19H20N4OS/c1-25-18-16(8-5-9-21-18)19(24)23-12-10-22(11-13-23)17(14-20)15-6-3-2-4-7-15/h2-9,17H,10-13H2,1H3/t17-/m0/s1. The van der Waals surface area contributed by atoms with Crippen LogP contribution in [0.5, 0.6) is 0 Å². The third kappa shape index (κ3) is 3.84. The van der Waals surface area contributed by atoms with Crippen LogP contribution < -0.4 is 0 Å². The van der Waals surface area contributed by atoms with Crippen molar-refractivity contribution in [2.24, 2.45) is 0 Å². The summed E-state index contributed by atoms with van der Waals surface area (Å²) in [5.74, 6) is 0.0188. The van der Waals surface area contributed by atoms with E-state index in [2.05, 4.69) is 16.0 Å². The number of rotatable bonds is 4. The number of carbonyl (C=O) groups excluding carboxylic acids is 1. The number of hydrogen-bond acceptors (Lipinski definition) is 5. The summed E-state index contributed by atoms with van der Waals surface area (Å²) in [5, 5.41) is 10.3. The highest BCUT2D eigenvalue weighted by Crippen LogP contribution is 2.23. The number of thioether (sulfide) groups is 1. The van der Waals surface area contributed by atoms with Crippen LogP contribution in [-0.2, 0) is 0 Å². The number of nitriles is 1. The predicted octanol–water partition coefficient (Wildman–Crippen LogP) is 2.83. The predicted molar refractivity (Wildman–Crippen MR) is 98.3 cm³/mol. The quantitative estimate of drug-likeness (QED) is 0.792. The smallest absolute Gasteiger partial charge is 0.256 e. The van der Waals surface area contributed by atoms with Crippen LogP contribution in [0.3, 0.4) is 0 Å². The van der Waals surface area contributed by atoms with E-state index in [1.54, 1.807) is 12.3 Å². The number of aromatic nitrogens is 1. The van der Waals surface area contributed by atoms with Gasteiger partial charge in [-0.3, -0.25) is 9.69 Å². The minimum absolute atomic E-state index is 0.0188. The largest absolute Gasteiger partial charge is 0.336 e. The summed E-state index contributed by atoms with van der Waals surface area (Å²) >= 11 is 1.48. The molecule has 3 rings (SSSR count). The Labute approximate surface area is 152 Å². The van der Waals surface area contributed by atoms with E-state index >= 15 is 0 Å². The molecule has 0 radical (unpaired) electrons. The molecule has 0 bridgehead atoms. The lowest BCUT2D eigenvalue weighted by atomic mass is 10.1. The number of nitrogens with zero attached hydrogens (tertiary/aromatic N) is 4. The van der Waals surface area contributed by atoms with Crippen molar-refractivity contribution >= 4 is 17.7 Å². The first kappa shape index (κ1) is 17.5. The Bertz CT molecular complexity index is 766. The molecular weight excluding hydrogens is 332 g/mol. The fourth-order valence-corrected chi connectivity index (χ4v) is 3.61. The molecule has 1 amide bonds. The molecule has 1 aromatic heterocycles. The summed E-state index contributed by atoms with van der Waals surface area (Å²) in [6.07, 6.45) is 3.63. The van der Waals surface area contributed by atoms with Crippen LogP contribution in [-0.4, -0.2) is 53.1 Å². The topological polar surface area (TPSA) is 60.2 Å². The SMILES string of the molecule is CSc1ncccc1C(=O)N1CCN([C@@H](C#N)c2ccccc2)CC1. The summed E-state index contributed by atoms with van der Waals surface area (Å²) in [4.78, 5) is 21.0. The molecule has 0 N–H and O–H groups in total. The van der Waals surface area contributed by atoms with Gasteiger partial charge in [0.15, 0.2) is 0 Å². The molecular formula is C19H20N4OS. The molecule has 0 aliphatic carbocycles. The molecule has 6 heteroatoms. The molecule has 1 atom stereocenters. The third-order valence-corrected chi connectivity index (χ3v) is 5.11. The first-order valence-electron chi connectivity index (χ1n) is 8.21. The average Bonchev–Trinajstić information content (AvgIpc) is 2.69. The maximum Gasteiger partial charge on any atom is 0.256 e. The lowest BCUT2D eigenvalue weighted by Gasteiger charge is -2.37. The zero-order chi connectivity index (χ0) is 17.6. The number of benzene rings is 1. The van der Waals surface area contributed by atoms with E-state index in [1.807, 2.05) is 47.6 Å². The van der Waals surface area contributed by atoms with Crippen LogP contribution >= 0.6 is 11.8 Å². The minimum Gasteiger partial charge on any atom is -0.336 e. The molecule has 2 heterocycles. The molecule has 1 aliphatic heterocycles. The zero-order valence-corrected chi connectivity index (χ0v) is 14.9. The van der Waals surface area contributed by atoms with Gasteiger partial charge in [-0.2, -0.15) is 5.26 Å². The van der Waals surface area contributed by atoms with Crippen molar-refractivity contribution in [2.75, 3.05) is 32.4 Å². The molecule has 0 spiro atoms. The summed E-state index contributed by atoms with van der Waals surface area (Å²) in [6.45, 7) is 2.61. The lowest BCUT2D eigenvalue weighted by molar-refractivity contribution is 0.0602. The Balaban J connectivity index is 1.67. The molecule has 5 nitrogen and oxygen atoms in total. The van der Waals surface area contributed by atoms with Gasteiger partial charge < -0.3 is 4.90 Å². The Kier molecular flexibility index (Phi) is 5.69. The van der Waals surface area contributed by atoms with E-state index in [0.29, 0.717) is 31.7 Å². The number of hydrogen-bond donors (Lipinski definition) is 0. The van der Waals surface area contributed by atoms with Crippen molar-refractivity contribution in [2.45, 2.75) is 11.1 Å². The van der Waals surface area contributed by atoms with Crippen molar-refractivity contribution in [1.29, 1.82) is 5.26 Å². The number of amides is 1. The normalized spacial score (nSPS) is 16.2. The number of pyridine rings is 1. The van der Waals surface area contributed by atoms with Crippen molar-refractivity contribution in [3.8, 4) is 6.07 Å². The van der Waals surface area contributed by atoms with Gasteiger partial charge in [0.05, 0.1) is 11.6 Å². The van der Waals surface area contributed by atoms with E-state index < -0.39 is 0 Å². The molecule has 1 saturated heterocycles. The fourth-order valence-electron chi connectivity index (χ4n) is 3.07. The van der Waals surface area contributed by atoms with Crippen LogP contribution in [0.2, 0.25) is 0 Å². The highest BCUT2D eigenvalue weighted by Gasteiger charge is 2.28. The van der Waals surface area contributed by atoms with Crippen molar-refractivity contribution in [3.05, 3.63) is 59.8 Å². The van der Waals surface area contributed by atoms with Gasteiger partial charge in [-0.05, 0) is 24.0 Å². The maximum atomic E-state index is 12.8. The molecule has 2 aromatic rings. The fraction of sp³-hybridized carbons (Fsp3) is 0.316. The van der Waals surface area contributed by atoms with Gasteiger partial charge >= 0.3 is 0 Å². The summed E-state index contributed by atoms with van der Waals surface area (Å²) in [7, 11) is 0. The van der Waals surface area contributed by atoms with E-state index in [1.165, 1.54) is 11.8 Å². The third-order valence-electron chi connectivity index (χ3n) is 4.40. The summed E-state index contributed by atoms with van der Waals surface area (Å²) < 4.78 is 0. The van der Waals surface area contributed by atoms with Crippen molar-refractivity contribution < 1.29 is 4.79 Å². The highest BCUT2D eigenvalue weighted by molar-refractivity contribution is 7.98. The summed E-state index contributed by atoms with van der Waals surface area (Å²) in [5.41, 5.74) is 1.66. The second-order valence-electron chi connectivity index (χ2n) is 5.83. The van der Waals surface area contributed by atoms with Gasteiger partial charge in [0.1, 0.15) is 11.1 Å². The number of carbonyl (C=O) groups is 1. The molecule has 25 heavy (non-hydrogen) atoms. The van der Waals surface area contributed by atoms with Crippen LogP contribution in [0.15, 0.2) is 53.7 Å². The summed E-state index contributed by atoms with van der Waals surface area (Å²) in [6, 6.07) is 15.6.